The predicted molar refractivity (Wildman–Crippen MR) is 62.8 cm³/mol. The van der Waals surface area contributed by atoms with Gasteiger partial charge in [-0.05, 0) is 20.3 Å². The van der Waals surface area contributed by atoms with Crippen LogP contribution in [0.3, 0.4) is 0 Å². The van der Waals surface area contributed by atoms with Crippen LogP contribution in [0.2, 0.25) is 0 Å². The molecule has 3 atom stereocenters. The average Bonchev–Trinajstić information content (AvgIpc) is 2.55. The molecule has 0 saturated carbocycles. The molecule has 1 aliphatic heterocycles. The first-order valence-corrected chi connectivity index (χ1v) is 6.91. The van der Waals surface area contributed by atoms with E-state index in [-0.39, 0.29) is 18.7 Å². The molecule has 6 nitrogen and oxygen atoms in total. The quantitative estimate of drug-likeness (QED) is 0.508. The van der Waals surface area contributed by atoms with Crippen molar-refractivity contribution in [1.82, 2.24) is 0 Å². The molecule has 1 aliphatic rings. The summed E-state index contributed by atoms with van der Waals surface area (Å²) in [6.45, 7) is 3.94. The van der Waals surface area contributed by atoms with Crippen LogP contribution in [-0.4, -0.2) is 55.6 Å². The van der Waals surface area contributed by atoms with Crippen LogP contribution in [0.1, 0.15) is 20.3 Å². The average molecular weight is 261 g/mol. The maximum Gasteiger partial charge on any atom is 0.469 e. The third-order valence-electron chi connectivity index (χ3n) is 2.31. The second kappa shape index (κ2) is 6.36. The van der Waals surface area contributed by atoms with Crippen molar-refractivity contribution >= 4 is 22.7 Å². The molecule has 1 rings (SSSR count). The maximum absolute atomic E-state index is 10.8. The third-order valence-corrected chi connectivity index (χ3v) is 2.86. The Morgan fingerprint density at radius 3 is 2.71 bits per heavy atom. The van der Waals surface area contributed by atoms with Gasteiger partial charge in [0.05, 0.1) is 26.0 Å². The van der Waals surface area contributed by atoms with Gasteiger partial charge >= 0.3 is 7.82 Å². The Labute approximate surface area is 103 Å². The summed E-state index contributed by atoms with van der Waals surface area (Å²) >= 11 is 0. The zero-order valence-electron chi connectivity index (χ0n) is 9.85. The zero-order valence-corrected chi connectivity index (χ0v) is 10.7. The van der Waals surface area contributed by atoms with E-state index in [1.165, 1.54) is 7.17 Å². The van der Waals surface area contributed by atoms with E-state index in [0.717, 1.165) is 0 Å². The molecule has 2 N–H and O–H groups in total. The Balaban J connectivity index is 2.54. The van der Waals surface area contributed by atoms with E-state index in [4.69, 9.17) is 27.0 Å². The lowest BCUT2D eigenvalue weighted by molar-refractivity contribution is -0.0458. The first-order valence-electron chi connectivity index (χ1n) is 5.38. The Hall–Kier alpha value is 0.160. The highest BCUT2D eigenvalue weighted by atomic mass is 31.2. The van der Waals surface area contributed by atoms with Crippen molar-refractivity contribution < 1.29 is 28.3 Å². The minimum absolute atomic E-state index is 0.00946. The summed E-state index contributed by atoms with van der Waals surface area (Å²) in [5, 5.41) is 0. The van der Waals surface area contributed by atoms with Gasteiger partial charge in [0.1, 0.15) is 6.10 Å². The number of hydrogen-bond donors (Lipinski definition) is 2. The van der Waals surface area contributed by atoms with E-state index in [2.05, 4.69) is 4.52 Å². The van der Waals surface area contributed by atoms with Crippen molar-refractivity contribution in [3.63, 3.8) is 0 Å². The van der Waals surface area contributed by atoms with Crippen molar-refractivity contribution in [1.29, 1.82) is 0 Å². The molecule has 3 radical (unpaired) electrons. The largest absolute Gasteiger partial charge is 0.469 e. The molecule has 0 aromatic heterocycles. The predicted octanol–water partition coefficient (Wildman–Crippen LogP) is -0.208. The number of rotatable bonds is 6. The molecule has 1 heterocycles. The van der Waals surface area contributed by atoms with Crippen LogP contribution in [0.15, 0.2) is 0 Å². The molecular formula is C8H16B2O6P. The van der Waals surface area contributed by atoms with Gasteiger partial charge in [0.25, 0.3) is 0 Å². The van der Waals surface area contributed by atoms with Crippen LogP contribution in [0.25, 0.3) is 0 Å². The van der Waals surface area contributed by atoms with Gasteiger partial charge in [0.2, 0.25) is 0 Å². The Morgan fingerprint density at radius 1 is 1.59 bits per heavy atom. The Kier molecular flexibility index (Phi) is 5.70. The third kappa shape index (κ3) is 5.55. The molecular weight excluding hydrogens is 245 g/mol. The normalized spacial score (nSPS) is 29.8. The SMILES string of the molecule is [B][B][C@H]1C[C@@H](OP(=O)(O)O)[C@@H](COC(C)C)O1. The van der Waals surface area contributed by atoms with E-state index in [9.17, 15) is 4.57 Å². The number of hydrogen-bond acceptors (Lipinski definition) is 4. The summed E-state index contributed by atoms with van der Waals surface area (Å²) in [7, 11) is 2.15. The summed E-state index contributed by atoms with van der Waals surface area (Å²) in [6, 6.07) is -0.368. The molecule has 0 aromatic rings. The van der Waals surface area contributed by atoms with Gasteiger partial charge in [0, 0.05) is 13.7 Å². The Morgan fingerprint density at radius 2 is 2.24 bits per heavy atom. The van der Waals surface area contributed by atoms with Gasteiger partial charge in [0.15, 0.2) is 0 Å². The van der Waals surface area contributed by atoms with Crippen molar-refractivity contribution in [2.24, 2.45) is 0 Å². The molecule has 9 heteroatoms. The summed E-state index contributed by atoms with van der Waals surface area (Å²) in [5.74, 6) is 0. The van der Waals surface area contributed by atoms with Gasteiger partial charge in [-0.2, -0.15) is 0 Å². The fourth-order valence-corrected chi connectivity index (χ4v) is 2.17. The van der Waals surface area contributed by atoms with Crippen molar-refractivity contribution in [3.8, 4) is 0 Å². The summed E-state index contributed by atoms with van der Waals surface area (Å²) < 4.78 is 26.3. The number of ether oxygens (including phenoxy) is 2. The molecule has 0 bridgehead atoms. The highest BCUT2D eigenvalue weighted by Crippen LogP contribution is 2.41. The minimum atomic E-state index is -4.53. The lowest BCUT2D eigenvalue weighted by Crippen LogP contribution is -2.30. The molecule has 17 heavy (non-hydrogen) atoms. The van der Waals surface area contributed by atoms with E-state index < -0.39 is 20.0 Å². The van der Waals surface area contributed by atoms with Crippen molar-refractivity contribution in [2.45, 2.75) is 44.6 Å². The smallest absolute Gasteiger partial charge is 0.380 e. The summed E-state index contributed by atoms with van der Waals surface area (Å²) in [4.78, 5) is 17.6. The second-order valence-electron chi connectivity index (χ2n) is 4.16. The number of phosphoric ester groups is 1. The zero-order chi connectivity index (χ0) is 13.1. The van der Waals surface area contributed by atoms with E-state index in [0.29, 0.717) is 6.42 Å². The van der Waals surface area contributed by atoms with Crippen LogP contribution < -0.4 is 0 Å². The lowest BCUT2D eigenvalue weighted by atomic mass is 9.51. The standard InChI is InChI=1S/C8H16B2O6P/c1-5(2)14-4-7-6(16-17(11,12)13)3-8(10-9)15-7/h5-8H,3-4H2,1-2H3,(H2,11,12,13)/t6-,7-,8-/m1/s1. The molecule has 0 aromatic carbocycles. The van der Waals surface area contributed by atoms with Gasteiger partial charge in [-0.3, -0.25) is 4.52 Å². The highest BCUT2D eigenvalue weighted by Gasteiger charge is 2.38. The van der Waals surface area contributed by atoms with Crippen LogP contribution in [-0.2, 0) is 18.6 Å². The topological polar surface area (TPSA) is 85.2 Å². The first kappa shape index (κ1) is 15.2. The lowest BCUT2D eigenvalue weighted by Gasteiger charge is -2.20. The molecule has 0 amide bonds. The first-order chi connectivity index (χ1) is 7.81. The summed E-state index contributed by atoms with van der Waals surface area (Å²) in [5.41, 5.74) is 0. The van der Waals surface area contributed by atoms with Gasteiger partial charge in [-0.25, -0.2) is 4.57 Å². The van der Waals surface area contributed by atoms with Crippen LogP contribution in [0, 0.1) is 0 Å². The van der Waals surface area contributed by atoms with E-state index in [1.54, 1.807) is 0 Å². The van der Waals surface area contributed by atoms with E-state index >= 15 is 0 Å². The fraction of sp³-hybridized carbons (Fsp3) is 1.00. The minimum Gasteiger partial charge on any atom is -0.380 e. The van der Waals surface area contributed by atoms with Crippen LogP contribution in [0.4, 0.5) is 0 Å². The monoisotopic (exact) mass is 261 g/mol. The van der Waals surface area contributed by atoms with Crippen LogP contribution >= 0.6 is 7.82 Å². The van der Waals surface area contributed by atoms with Crippen LogP contribution in [0.5, 0.6) is 0 Å². The van der Waals surface area contributed by atoms with Crippen molar-refractivity contribution in [2.75, 3.05) is 6.61 Å². The second-order valence-corrected chi connectivity index (χ2v) is 5.35. The number of phosphoric acid groups is 1. The molecule has 0 unspecified atom stereocenters. The molecule has 1 saturated heterocycles. The molecule has 0 aliphatic carbocycles. The summed E-state index contributed by atoms with van der Waals surface area (Å²) in [6.07, 6.45) is -0.905. The molecule has 0 spiro atoms. The fourth-order valence-electron chi connectivity index (χ4n) is 1.59. The Bertz CT molecular complexity index is 283. The van der Waals surface area contributed by atoms with Gasteiger partial charge < -0.3 is 19.3 Å². The highest BCUT2D eigenvalue weighted by molar-refractivity contribution is 7.46. The van der Waals surface area contributed by atoms with E-state index in [1.807, 2.05) is 13.8 Å². The van der Waals surface area contributed by atoms with Gasteiger partial charge in [-0.15, -0.1) is 0 Å². The molecule has 95 valence electrons. The maximum atomic E-state index is 10.8. The molecule has 1 fully saturated rings. The van der Waals surface area contributed by atoms with Gasteiger partial charge in [-0.1, -0.05) is 0 Å². The van der Waals surface area contributed by atoms with Crippen molar-refractivity contribution in [3.05, 3.63) is 0 Å².